The summed E-state index contributed by atoms with van der Waals surface area (Å²) < 4.78 is 41.7. The Bertz CT molecular complexity index is 927. The minimum Gasteiger partial charge on any atom is -0.207 e. The predicted molar refractivity (Wildman–Crippen MR) is 105 cm³/mol. The van der Waals surface area contributed by atoms with Crippen molar-refractivity contribution >= 4 is 0 Å². The lowest BCUT2D eigenvalue weighted by Crippen LogP contribution is -1.92. The Labute approximate surface area is 158 Å². The molecule has 0 bridgehead atoms. The monoisotopic (exact) mass is 366 g/mol. The van der Waals surface area contributed by atoms with E-state index in [-0.39, 0.29) is 5.56 Å². The van der Waals surface area contributed by atoms with Crippen LogP contribution in [0, 0.1) is 17.5 Å². The first-order valence-electron chi connectivity index (χ1n) is 9.03. The van der Waals surface area contributed by atoms with Crippen LogP contribution in [0.15, 0.2) is 73.3 Å². The van der Waals surface area contributed by atoms with Crippen molar-refractivity contribution in [1.29, 1.82) is 0 Å². The lowest BCUT2D eigenvalue weighted by Gasteiger charge is -2.12. The molecule has 0 fully saturated rings. The number of benzene rings is 3. The van der Waals surface area contributed by atoms with Crippen molar-refractivity contribution in [3.63, 3.8) is 0 Å². The Morgan fingerprint density at radius 3 is 2.07 bits per heavy atom. The van der Waals surface area contributed by atoms with Crippen molar-refractivity contribution in [3.8, 4) is 22.3 Å². The maximum absolute atomic E-state index is 14.3. The van der Waals surface area contributed by atoms with Crippen LogP contribution in [0.4, 0.5) is 13.2 Å². The molecule has 0 spiro atoms. The summed E-state index contributed by atoms with van der Waals surface area (Å²) in [6.45, 7) is 3.72. The normalized spacial score (nSPS) is 10.8. The zero-order valence-electron chi connectivity index (χ0n) is 15.0. The van der Waals surface area contributed by atoms with Gasteiger partial charge in [0.05, 0.1) is 0 Å². The predicted octanol–water partition coefficient (Wildman–Crippen LogP) is 7.34. The zero-order valence-corrected chi connectivity index (χ0v) is 15.0. The van der Waals surface area contributed by atoms with E-state index in [1.807, 2.05) is 30.3 Å². The molecule has 0 amide bonds. The fourth-order valence-corrected chi connectivity index (χ4v) is 3.16. The van der Waals surface area contributed by atoms with Gasteiger partial charge in [-0.25, -0.2) is 13.2 Å². The summed E-state index contributed by atoms with van der Waals surface area (Å²) in [5, 5.41) is 0. The summed E-state index contributed by atoms with van der Waals surface area (Å²) in [6.07, 6.45) is 6.05. The van der Waals surface area contributed by atoms with Crippen molar-refractivity contribution in [1.82, 2.24) is 0 Å². The van der Waals surface area contributed by atoms with Gasteiger partial charge in [0.25, 0.3) is 0 Å². The number of hydrogen-bond donors (Lipinski definition) is 0. The van der Waals surface area contributed by atoms with Gasteiger partial charge in [0, 0.05) is 5.56 Å². The molecule has 0 aromatic heterocycles. The maximum Gasteiger partial charge on any atom is 0.131 e. The molecule has 3 aromatic carbocycles. The van der Waals surface area contributed by atoms with Crippen LogP contribution in [-0.2, 0) is 6.42 Å². The van der Waals surface area contributed by atoms with Crippen molar-refractivity contribution in [2.45, 2.75) is 25.7 Å². The average Bonchev–Trinajstić information content (AvgIpc) is 2.68. The molecule has 0 nitrogen and oxygen atoms in total. The largest absolute Gasteiger partial charge is 0.207 e. The minimum absolute atomic E-state index is 0.124. The molecule has 0 saturated carbocycles. The summed E-state index contributed by atoms with van der Waals surface area (Å²) in [7, 11) is 0. The molecule has 0 N–H and O–H groups in total. The summed E-state index contributed by atoms with van der Waals surface area (Å²) in [4.78, 5) is 0. The van der Waals surface area contributed by atoms with Crippen LogP contribution in [0.3, 0.4) is 0 Å². The van der Waals surface area contributed by atoms with Crippen LogP contribution >= 0.6 is 0 Å². The van der Waals surface area contributed by atoms with Crippen LogP contribution in [0.25, 0.3) is 22.3 Å². The fourth-order valence-electron chi connectivity index (χ4n) is 3.16. The van der Waals surface area contributed by atoms with Crippen molar-refractivity contribution < 1.29 is 13.2 Å². The van der Waals surface area contributed by atoms with Gasteiger partial charge < -0.3 is 0 Å². The highest BCUT2D eigenvalue weighted by Crippen LogP contribution is 2.34. The highest BCUT2D eigenvalue weighted by atomic mass is 19.1. The van der Waals surface area contributed by atoms with E-state index in [2.05, 4.69) is 6.58 Å². The molecule has 0 aliphatic rings. The van der Waals surface area contributed by atoms with Crippen LogP contribution in [0.5, 0.6) is 0 Å². The highest BCUT2D eigenvalue weighted by Gasteiger charge is 2.13. The van der Waals surface area contributed by atoms with Crippen molar-refractivity contribution in [3.05, 3.63) is 96.3 Å². The number of rotatable bonds is 7. The van der Waals surface area contributed by atoms with E-state index in [9.17, 15) is 13.2 Å². The van der Waals surface area contributed by atoms with Gasteiger partial charge >= 0.3 is 0 Å². The Hall–Kier alpha value is -2.81. The molecule has 0 aliphatic carbocycles. The van der Waals surface area contributed by atoms with E-state index in [4.69, 9.17) is 0 Å². The standard InChI is InChI=1S/C24H21F3/c1-2-3-4-5-6-17-7-9-18(10-8-17)22-15-19(25)11-13-21(22)23-16-20(26)12-14-24(23)27/h2,7-16H,1,3-6H2. The van der Waals surface area contributed by atoms with Crippen molar-refractivity contribution in [2.75, 3.05) is 0 Å². The van der Waals surface area contributed by atoms with Gasteiger partial charge in [-0.2, -0.15) is 0 Å². The van der Waals surface area contributed by atoms with Gasteiger partial charge in [-0.1, -0.05) is 36.4 Å². The molecule has 3 rings (SSSR count). The first kappa shape index (κ1) is 19.0. The Morgan fingerprint density at radius 1 is 0.704 bits per heavy atom. The molecule has 0 saturated heterocycles. The van der Waals surface area contributed by atoms with Crippen LogP contribution in [0.1, 0.15) is 24.8 Å². The smallest absolute Gasteiger partial charge is 0.131 e. The molecule has 0 atom stereocenters. The van der Waals surface area contributed by atoms with Crippen molar-refractivity contribution in [2.24, 2.45) is 0 Å². The Morgan fingerprint density at radius 2 is 1.37 bits per heavy atom. The van der Waals surface area contributed by atoms with Crippen LogP contribution in [0.2, 0.25) is 0 Å². The van der Waals surface area contributed by atoms with E-state index in [1.165, 1.54) is 23.8 Å². The third-order valence-corrected chi connectivity index (χ3v) is 4.59. The van der Waals surface area contributed by atoms with E-state index < -0.39 is 17.5 Å². The van der Waals surface area contributed by atoms with E-state index in [0.29, 0.717) is 11.1 Å². The fraction of sp³-hybridized carbons (Fsp3) is 0.167. The second-order valence-corrected chi connectivity index (χ2v) is 6.55. The van der Waals surface area contributed by atoms with E-state index in [0.717, 1.165) is 49.4 Å². The van der Waals surface area contributed by atoms with Gasteiger partial charge in [-0.05, 0) is 78.3 Å². The van der Waals surface area contributed by atoms with E-state index in [1.54, 1.807) is 0 Å². The average molecular weight is 366 g/mol. The van der Waals surface area contributed by atoms with Gasteiger partial charge in [-0.3, -0.25) is 0 Å². The summed E-state index contributed by atoms with van der Waals surface area (Å²) in [6, 6.07) is 15.2. The SMILES string of the molecule is C=CCCCCc1ccc(-c2cc(F)ccc2-c2cc(F)ccc2F)cc1. The number of hydrogen-bond acceptors (Lipinski definition) is 0. The molecule has 0 aliphatic heterocycles. The first-order chi connectivity index (χ1) is 13.1. The molecule has 0 heterocycles. The molecule has 27 heavy (non-hydrogen) atoms. The molecule has 3 aromatic rings. The van der Waals surface area contributed by atoms with E-state index >= 15 is 0 Å². The second-order valence-electron chi connectivity index (χ2n) is 6.55. The lowest BCUT2D eigenvalue weighted by molar-refractivity contribution is 0.603. The van der Waals surface area contributed by atoms with Gasteiger partial charge in [0.15, 0.2) is 0 Å². The lowest BCUT2D eigenvalue weighted by atomic mass is 9.93. The zero-order chi connectivity index (χ0) is 19.2. The molecular weight excluding hydrogens is 345 g/mol. The molecule has 0 radical (unpaired) electrons. The third-order valence-electron chi connectivity index (χ3n) is 4.59. The topological polar surface area (TPSA) is 0 Å². The third kappa shape index (κ3) is 4.68. The molecule has 0 unspecified atom stereocenters. The summed E-state index contributed by atoms with van der Waals surface area (Å²) >= 11 is 0. The quantitative estimate of drug-likeness (QED) is 0.303. The van der Waals surface area contributed by atoms with Crippen LogP contribution < -0.4 is 0 Å². The number of allylic oxidation sites excluding steroid dienone is 1. The van der Waals surface area contributed by atoms with Crippen LogP contribution in [-0.4, -0.2) is 0 Å². The Balaban J connectivity index is 1.93. The number of unbranched alkanes of at least 4 members (excludes halogenated alkanes) is 2. The maximum atomic E-state index is 14.3. The van der Waals surface area contributed by atoms with Gasteiger partial charge in [0.2, 0.25) is 0 Å². The summed E-state index contributed by atoms with van der Waals surface area (Å²) in [5.74, 6) is -1.49. The summed E-state index contributed by atoms with van der Waals surface area (Å²) in [5.41, 5.74) is 3.09. The highest BCUT2D eigenvalue weighted by molar-refractivity contribution is 5.83. The molecular formula is C24H21F3. The van der Waals surface area contributed by atoms with Gasteiger partial charge in [-0.15, -0.1) is 6.58 Å². The van der Waals surface area contributed by atoms with Gasteiger partial charge in [0.1, 0.15) is 17.5 Å². The first-order valence-corrected chi connectivity index (χ1v) is 9.03. The number of halogens is 3. The Kier molecular flexibility index (Phi) is 6.12. The minimum atomic E-state index is -0.539. The number of aryl methyl sites for hydroxylation is 1. The molecule has 3 heteroatoms. The molecule has 138 valence electrons. The second kappa shape index (κ2) is 8.72.